The summed E-state index contributed by atoms with van der Waals surface area (Å²) in [4.78, 5) is 28.4. The van der Waals surface area contributed by atoms with E-state index in [1.807, 2.05) is 19.1 Å². The van der Waals surface area contributed by atoms with Gasteiger partial charge in [-0.2, -0.15) is 0 Å². The average Bonchev–Trinajstić information content (AvgIpc) is 3.36. The number of aromatic nitrogens is 2. The van der Waals surface area contributed by atoms with Crippen molar-refractivity contribution in [1.29, 1.82) is 0 Å². The van der Waals surface area contributed by atoms with E-state index in [-0.39, 0.29) is 17.7 Å². The van der Waals surface area contributed by atoms with Crippen molar-refractivity contribution in [1.82, 2.24) is 15.5 Å². The predicted molar refractivity (Wildman–Crippen MR) is 106 cm³/mol. The minimum atomic E-state index is 0.00312. The lowest BCUT2D eigenvalue weighted by atomic mass is 9.96. The number of furan rings is 1. The largest absolute Gasteiger partial charge is 0.465 e. The first kappa shape index (κ1) is 18.9. The van der Waals surface area contributed by atoms with Crippen LogP contribution in [0.5, 0.6) is 0 Å². The number of amides is 2. The van der Waals surface area contributed by atoms with Crippen molar-refractivity contribution < 1.29 is 14.0 Å². The Bertz CT molecular complexity index is 840. The topological polar surface area (TPSA) is 91.6 Å². The number of hydrogen-bond acceptors (Lipinski definition) is 7. The molecule has 2 aliphatic rings. The first-order chi connectivity index (χ1) is 13.6. The van der Waals surface area contributed by atoms with E-state index in [0.29, 0.717) is 18.1 Å². The van der Waals surface area contributed by atoms with Gasteiger partial charge in [-0.25, -0.2) is 0 Å². The first-order valence-corrected chi connectivity index (χ1v) is 10.6. The highest BCUT2D eigenvalue weighted by Gasteiger charge is 2.28. The van der Waals surface area contributed by atoms with Gasteiger partial charge in [-0.15, -0.1) is 10.2 Å². The zero-order valence-electron chi connectivity index (χ0n) is 16.0. The number of carbonyl (C=O) groups is 2. The van der Waals surface area contributed by atoms with Crippen LogP contribution in [-0.2, 0) is 16.1 Å². The summed E-state index contributed by atoms with van der Waals surface area (Å²) in [6, 6.07) is 3.78. The number of rotatable bonds is 5. The quantitative estimate of drug-likeness (QED) is 0.825. The highest BCUT2D eigenvalue weighted by Crippen LogP contribution is 2.31. The van der Waals surface area contributed by atoms with Crippen molar-refractivity contribution in [2.75, 3.05) is 29.4 Å². The minimum Gasteiger partial charge on any atom is -0.465 e. The lowest BCUT2D eigenvalue weighted by molar-refractivity contribution is -0.125. The third-order valence-corrected chi connectivity index (χ3v) is 6.33. The van der Waals surface area contributed by atoms with Gasteiger partial charge in [0, 0.05) is 32.0 Å². The van der Waals surface area contributed by atoms with Gasteiger partial charge in [-0.05, 0) is 44.7 Å². The summed E-state index contributed by atoms with van der Waals surface area (Å²) in [5.41, 5.74) is 0. The summed E-state index contributed by atoms with van der Waals surface area (Å²) in [5, 5.41) is 13.0. The van der Waals surface area contributed by atoms with Crippen molar-refractivity contribution in [3.8, 4) is 0 Å². The Hall–Kier alpha value is -2.42. The molecule has 9 heteroatoms. The molecule has 0 radical (unpaired) electrons. The zero-order valence-corrected chi connectivity index (χ0v) is 16.8. The number of carbonyl (C=O) groups excluding carboxylic acids is 2. The monoisotopic (exact) mass is 403 g/mol. The summed E-state index contributed by atoms with van der Waals surface area (Å²) in [6.07, 6.45) is 4.11. The van der Waals surface area contributed by atoms with Crippen LogP contribution in [0.3, 0.4) is 0 Å². The molecular weight excluding hydrogens is 378 g/mol. The van der Waals surface area contributed by atoms with Crippen molar-refractivity contribution in [3.05, 3.63) is 23.7 Å². The number of nitrogens with one attached hydrogen (secondary N) is 1. The van der Waals surface area contributed by atoms with Crippen molar-refractivity contribution in [2.45, 2.75) is 45.6 Å². The minimum absolute atomic E-state index is 0.00312. The smallest absolute Gasteiger partial charge is 0.228 e. The molecule has 4 rings (SSSR count). The van der Waals surface area contributed by atoms with Gasteiger partial charge >= 0.3 is 0 Å². The molecule has 1 N–H and O–H groups in total. The van der Waals surface area contributed by atoms with E-state index in [1.54, 1.807) is 4.90 Å². The lowest BCUT2D eigenvalue weighted by Crippen LogP contribution is -2.40. The molecule has 0 aromatic carbocycles. The summed E-state index contributed by atoms with van der Waals surface area (Å²) < 4.78 is 5.49. The summed E-state index contributed by atoms with van der Waals surface area (Å²) in [5.74, 6) is 1.84. The Kier molecular flexibility index (Phi) is 5.61. The highest BCUT2D eigenvalue weighted by atomic mass is 32.1. The molecule has 0 saturated carbocycles. The second kappa shape index (κ2) is 8.30. The van der Waals surface area contributed by atoms with Gasteiger partial charge in [0.2, 0.25) is 22.1 Å². The van der Waals surface area contributed by atoms with Crippen molar-refractivity contribution in [3.63, 3.8) is 0 Å². The second-order valence-corrected chi connectivity index (χ2v) is 8.30. The van der Waals surface area contributed by atoms with E-state index in [1.165, 1.54) is 11.3 Å². The third kappa shape index (κ3) is 4.19. The van der Waals surface area contributed by atoms with Gasteiger partial charge < -0.3 is 14.6 Å². The van der Waals surface area contributed by atoms with E-state index in [2.05, 4.69) is 20.4 Å². The van der Waals surface area contributed by atoms with Crippen LogP contribution in [0.1, 0.15) is 43.6 Å². The van der Waals surface area contributed by atoms with Gasteiger partial charge in [0.1, 0.15) is 11.5 Å². The third-order valence-electron chi connectivity index (χ3n) is 5.33. The van der Waals surface area contributed by atoms with Crippen LogP contribution in [0.25, 0.3) is 0 Å². The number of nitrogens with zero attached hydrogens (tertiary/aromatic N) is 4. The van der Waals surface area contributed by atoms with E-state index in [0.717, 1.165) is 62.0 Å². The SMILES string of the molecule is Cc1ccc(CNC(=O)C2CCN(c3nnc(N4CCCCC4=O)s3)CC2)o1. The van der Waals surface area contributed by atoms with Crippen LogP contribution in [0.4, 0.5) is 10.3 Å². The average molecular weight is 404 g/mol. The second-order valence-electron chi connectivity index (χ2n) is 7.36. The summed E-state index contributed by atoms with van der Waals surface area (Å²) >= 11 is 1.47. The number of anilines is 2. The van der Waals surface area contributed by atoms with Crippen LogP contribution >= 0.6 is 11.3 Å². The number of aryl methyl sites for hydroxylation is 1. The summed E-state index contributed by atoms with van der Waals surface area (Å²) in [6.45, 7) is 4.57. The molecule has 2 amide bonds. The molecule has 28 heavy (non-hydrogen) atoms. The molecule has 150 valence electrons. The van der Waals surface area contributed by atoms with Crippen molar-refractivity contribution >= 4 is 33.4 Å². The van der Waals surface area contributed by atoms with Gasteiger partial charge in [-0.3, -0.25) is 14.5 Å². The summed E-state index contributed by atoms with van der Waals surface area (Å²) in [7, 11) is 0. The standard InChI is InChI=1S/C19H25N5O3S/c1-13-5-6-15(27-13)12-20-17(26)14-7-10-23(11-8-14)18-21-22-19(28-18)24-9-3-2-4-16(24)25/h5-6,14H,2-4,7-12H2,1H3,(H,20,26). The molecule has 2 aromatic heterocycles. The Morgan fingerprint density at radius 3 is 2.71 bits per heavy atom. The normalized spacial score (nSPS) is 18.5. The predicted octanol–water partition coefficient (Wildman–Crippen LogP) is 2.49. The zero-order chi connectivity index (χ0) is 19.5. The molecule has 0 atom stereocenters. The number of hydrogen-bond donors (Lipinski definition) is 1. The number of piperidine rings is 2. The Morgan fingerprint density at radius 1 is 1.21 bits per heavy atom. The Morgan fingerprint density at radius 2 is 2.00 bits per heavy atom. The molecule has 0 unspecified atom stereocenters. The molecular formula is C19H25N5O3S. The Labute approximate surface area is 167 Å². The molecule has 2 saturated heterocycles. The van der Waals surface area contributed by atoms with E-state index in [9.17, 15) is 9.59 Å². The maximum Gasteiger partial charge on any atom is 0.228 e. The maximum atomic E-state index is 12.4. The first-order valence-electron chi connectivity index (χ1n) is 9.82. The molecule has 2 aliphatic heterocycles. The van der Waals surface area contributed by atoms with Gasteiger partial charge in [0.25, 0.3) is 0 Å². The fourth-order valence-corrected chi connectivity index (χ4v) is 4.63. The van der Waals surface area contributed by atoms with Crippen LogP contribution in [0, 0.1) is 12.8 Å². The fraction of sp³-hybridized carbons (Fsp3) is 0.579. The molecule has 0 bridgehead atoms. The highest BCUT2D eigenvalue weighted by molar-refractivity contribution is 7.19. The molecule has 4 heterocycles. The van der Waals surface area contributed by atoms with E-state index in [4.69, 9.17) is 4.42 Å². The molecule has 0 spiro atoms. The molecule has 0 aliphatic carbocycles. The fourth-order valence-electron chi connectivity index (χ4n) is 3.68. The molecule has 2 aromatic rings. The molecule has 2 fully saturated rings. The lowest BCUT2D eigenvalue weighted by Gasteiger charge is -2.30. The van der Waals surface area contributed by atoms with Gasteiger partial charge in [0.05, 0.1) is 6.54 Å². The van der Waals surface area contributed by atoms with Gasteiger partial charge in [0.15, 0.2) is 0 Å². The van der Waals surface area contributed by atoms with Crippen LogP contribution < -0.4 is 15.1 Å². The maximum absolute atomic E-state index is 12.4. The van der Waals surface area contributed by atoms with E-state index >= 15 is 0 Å². The molecule has 8 nitrogen and oxygen atoms in total. The van der Waals surface area contributed by atoms with Crippen molar-refractivity contribution in [2.24, 2.45) is 5.92 Å². The van der Waals surface area contributed by atoms with Crippen LogP contribution in [0.15, 0.2) is 16.5 Å². The van der Waals surface area contributed by atoms with E-state index < -0.39 is 0 Å². The van der Waals surface area contributed by atoms with Crippen LogP contribution in [0.2, 0.25) is 0 Å². The Balaban J connectivity index is 1.28. The van der Waals surface area contributed by atoms with Gasteiger partial charge in [-0.1, -0.05) is 11.3 Å². The van der Waals surface area contributed by atoms with Crippen LogP contribution in [-0.4, -0.2) is 41.6 Å².